The Morgan fingerprint density at radius 3 is 2.36 bits per heavy atom. The van der Waals surface area contributed by atoms with Gasteiger partial charge < -0.3 is 10.1 Å². The summed E-state index contributed by atoms with van der Waals surface area (Å²) in [4.78, 5) is 14.8. The smallest absolute Gasteiger partial charge is 0.251 e. The summed E-state index contributed by atoms with van der Waals surface area (Å²) >= 11 is 0. The second-order valence-electron chi connectivity index (χ2n) is 7.56. The van der Waals surface area contributed by atoms with Gasteiger partial charge in [0.05, 0.1) is 12.8 Å². The third-order valence-corrected chi connectivity index (χ3v) is 5.47. The van der Waals surface area contributed by atoms with Crippen molar-refractivity contribution < 1.29 is 9.53 Å². The summed E-state index contributed by atoms with van der Waals surface area (Å²) in [5, 5.41) is 15.3. The van der Waals surface area contributed by atoms with Gasteiger partial charge in [0.25, 0.3) is 5.95 Å². The molecule has 33 heavy (non-hydrogen) atoms. The Morgan fingerprint density at radius 1 is 0.970 bits per heavy atom. The quantitative estimate of drug-likeness (QED) is 0.493. The molecule has 2 heterocycles. The van der Waals surface area contributed by atoms with Crippen LogP contribution in [0.2, 0.25) is 0 Å². The lowest BCUT2D eigenvalue weighted by Gasteiger charge is -2.32. The highest BCUT2D eigenvalue weighted by molar-refractivity contribution is 5.97. The molecule has 0 aliphatic carbocycles. The number of benzene rings is 3. The highest BCUT2D eigenvalue weighted by Crippen LogP contribution is 2.36. The van der Waals surface area contributed by atoms with E-state index in [1.165, 1.54) is 0 Å². The monoisotopic (exact) mass is 438 g/mol. The Balaban J connectivity index is 1.49. The molecular weight excluding hydrogens is 416 g/mol. The van der Waals surface area contributed by atoms with Crippen LogP contribution < -0.4 is 15.0 Å². The highest BCUT2D eigenvalue weighted by atomic mass is 16.5. The summed E-state index contributed by atoms with van der Waals surface area (Å²) in [6.07, 6.45) is 2.09. The van der Waals surface area contributed by atoms with Crippen LogP contribution >= 0.6 is 0 Å². The molecule has 3 aromatic carbocycles. The summed E-state index contributed by atoms with van der Waals surface area (Å²) in [6, 6.07) is 27.0. The summed E-state index contributed by atoms with van der Waals surface area (Å²) in [5.74, 6) is 1.05. The molecule has 1 aliphatic rings. The average molecular weight is 438 g/mol. The van der Waals surface area contributed by atoms with Crippen LogP contribution in [0, 0.1) is 0 Å². The van der Waals surface area contributed by atoms with Gasteiger partial charge >= 0.3 is 0 Å². The number of methoxy groups -OCH3 is 1. The molecular formula is C25H22N6O2. The Hall–Kier alpha value is -4.46. The zero-order valence-electron chi connectivity index (χ0n) is 18.0. The molecule has 1 N–H and O–H groups in total. The number of amides is 1. The fourth-order valence-corrected chi connectivity index (χ4v) is 3.89. The summed E-state index contributed by atoms with van der Waals surface area (Å²) in [7, 11) is 1.61. The molecule has 5 rings (SSSR count). The van der Waals surface area contributed by atoms with Gasteiger partial charge in [-0.25, -0.2) is 0 Å². The number of fused-ring (bicyclic) bond motifs is 1. The van der Waals surface area contributed by atoms with E-state index in [-0.39, 0.29) is 18.5 Å². The maximum Gasteiger partial charge on any atom is 0.251 e. The van der Waals surface area contributed by atoms with E-state index in [1.807, 2.05) is 65.6 Å². The molecule has 4 aromatic rings. The van der Waals surface area contributed by atoms with Gasteiger partial charge in [-0.1, -0.05) is 65.8 Å². The first-order valence-corrected chi connectivity index (χ1v) is 10.5. The number of nitrogens with zero attached hydrogens (tertiary/aromatic N) is 5. The second-order valence-corrected chi connectivity index (χ2v) is 7.56. The number of carbonyl (C=O) groups excluding carboxylic acids is 1. The van der Waals surface area contributed by atoms with Gasteiger partial charge in [0.1, 0.15) is 18.3 Å². The number of rotatable bonds is 6. The molecule has 0 radical (unpaired) electrons. The number of tetrazole rings is 1. The molecule has 1 amide bonds. The van der Waals surface area contributed by atoms with Gasteiger partial charge in [0.15, 0.2) is 0 Å². The molecule has 0 saturated heterocycles. The lowest BCUT2D eigenvalue weighted by molar-refractivity contribution is -0.114. The number of anilines is 2. The number of allylic oxidation sites excluding steroid dienone is 1. The van der Waals surface area contributed by atoms with Crippen molar-refractivity contribution in [3.8, 4) is 5.75 Å². The molecule has 0 fully saturated rings. The number of nitrogens with one attached hydrogen (secondary N) is 1. The SMILES string of the molecule is COc1ccc(NC(=O)CN2C(c3ccccc3)=C[C@H](c3ccccc3)n3nnnc32)cc1. The van der Waals surface area contributed by atoms with Crippen LogP contribution in [0.3, 0.4) is 0 Å². The predicted molar refractivity (Wildman–Crippen MR) is 126 cm³/mol. The van der Waals surface area contributed by atoms with E-state index < -0.39 is 0 Å². The normalized spacial score (nSPS) is 14.9. The van der Waals surface area contributed by atoms with Crippen molar-refractivity contribution in [2.45, 2.75) is 6.04 Å². The maximum atomic E-state index is 13.0. The molecule has 164 valence electrons. The van der Waals surface area contributed by atoms with Gasteiger partial charge in [-0.15, -0.1) is 0 Å². The Kier molecular flexibility index (Phi) is 5.55. The molecule has 1 aromatic heterocycles. The van der Waals surface area contributed by atoms with E-state index in [0.29, 0.717) is 11.6 Å². The van der Waals surface area contributed by atoms with Crippen LogP contribution in [0.25, 0.3) is 5.70 Å². The second kappa shape index (κ2) is 8.96. The zero-order chi connectivity index (χ0) is 22.6. The van der Waals surface area contributed by atoms with E-state index >= 15 is 0 Å². The van der Waals surface area contributed by atoms with E-state index in [0.717, 1.165) is 22.6 Å². The lowest BCUT2D eigenvalue weighted by atomic mass is 10.0. The minimum Gasteiger partial charge on any atom is -0.497 e. The van der Waals surface area contributed by atoms with E-state index in [2.05, 4.69) is 26.9 Å². The molecule has 0 unspecified atom stereocenters. The van der Waals surface area contributed by atoms with Crippen LogP contribution in [0.4, 0.5) is 11.6 Å². The molecule has 1 atom stereocenters. The lowest BCUT2D eigenvalue weighted by Crippen LogP contribution is -2.37. The standard InChI is InChI=1S/C25H22N6O2/c1-33-21-14-12-20(13-15-21)26-24(32)17-30-22(18-8-4-2-5-9-18)16-23(19-10-6-3-7-11-19)31-25(30)27-28-29-31/h2-16,23H,17H2,1H3,(H,26,32)/t23-/m1/s1. The average Bonchev–Trinajstić information content (AvgIpc) is 3.36. The largest absolute Gasteiger partial charge is 0.497 e. The van der Waals surface area contributed by atoms with Crippen molar-refractivity contribution in [2.75, 3.05) is 23.9 Å². The van der Waals surface area contributed by atoms with Crippen LogP contribution in [0.1, 0.15) is 17.2 Å². The Morgan fingerprint density at radius 2 is 1.67 bits per heavy atom. The molecule has 0 spiro atoms. The number of hydrogen-bond donors (Lipinski definition) is 1. The van der Waals surface area contributed by atoms with Crippen molar-refractivity contribution in [3.05, 3.63) is 102 Å². The van der Waals surface area contributed by atoms with Gasteiger partial charge in [-0.05, 0) is 51.9 Å². The van der Waals surface area contributed by atoms with E-state index in [1.54, 1.807) is 36.1 Å². The van der Waals surface area contributed by atoms with Crippen molar-refractivity contribution in [2.24, 2.45) is 0 Å². The fraction of sp³-hybridized carbons (Fsp3) is 0.120. The minimum atomic E-state index is -0.188. The van der Waals surface area contributed by atoms with Gasteiger partial charge in [0, 0.05) is 5.69 Å². The van der Waals surface area contributed by atoms with Crippen LogP contribution in [-0.2, 0) is 4.79 Å². The minimum absolute atomic E-state index is 0.0502. The molecule has 0 saturated carbocycles. The van der Waals surface area contributed by atoms with Crippen molar-refractivity contribution in [1.29, 1.82) is 0 Å². The van der Waals surface area contributed by atoms with Gasteiger partial charge in [-0.3, -0.25) is 9.69 Å². The van der Waals surface area contributed by atoms with Crippen molar-refractivity contribution in [3.63, 3.8) is 0 Å². The molecule has 8 heteroatoms. The van der Waals surface area contributed by atoms with E-state index in [9.17, 15) is 4.79 Å². The Bertz CT molecular complexity index is 1270. The third kappa shape index (κ3) is 4.18. The summed E-state index contributed by atoms with van der Waals surface area (Å²) in [6.45, 7) is 0.0502. The first-order valence-electron chi connectivity index (χ1n) is 10.5. The first-order chi connectivity index (χ1) is 16.2. The maximum absolute atomic E-state index is 13.0. The molecule has 8 nitrogen and oxygen atoms in total. The fourth-order valence-electron chi connectivity index (χ4n) is 3.89. The topological polar surface area (TPSA) is 85.2 Å². The predicted octanol–water partition coefficient (Wildman–Crippen LogP) is 3.77. The zero-order valence-corrected chi connectivity index (χ0v) is 18.0. The number of ether oxygens (including phenoxy) is 1. The first kappa shape index (κ1) is 20.4. The van der Waals surface area contributed by atoms with Crippen molar-refractivity contribution >= 4 is 23.2 Å². The van der Waals surface area contributed by atoms with Crippen LogP contribution in [-0.4, -0.2) is 39.8 Å². The number of hydrogen-bond acceptors (Lipinski definition) is 6. The van der Waals surface area contributed by atoms with E-state index in [4.69, 9.17) is 4.74 Å². The van der Waals surface area contributed by atoms with Gasteiger partial charge in [0.2, 0.25) is 5.91 Å². The molecule has 0 bridgehead atoms. The third-order valence-electron chi connectivity index (χ3n) is 5.47. The van der Waals surface area contributed by atoms with Gasteiger partial charge in [-0.2, -0.15) is 4.68 Å². The number of aromatic nitrogens is 4. The highest BCUT2D eigenvalue weighted by Gasteiger charge is 2.31. The van der Waals surface area contributed by atoms with Crippen LogP contribution in [0.15, 0.2) is 91.0 Å². The molecule has 1 aliphatic heterocycles. The Labute approximate surface area is 191 Å². The summed E-state index contributed by atoms with van der Waals surface area (Å²) < 4.78 is 6.92. The van der Waals surface area contributed by atoms with Crippen molar-refractivity contribution in [1.82, 2.24) is 20.2 Å². The summed E-state index contributed by atoms with van der Waals surface area (Å²) in [5.41, 5.74) is 3.59. The number of carbonyl (C=O) groups is 1. The van der Waals surface area contributed by atoms with Crippen LogP contribution in [0.5, 0.6) is 5.75 Å².